The van der Waals surface area contributed by atoms with Gasteiger partial charge in [-0.3, -0.25) is 0 Å². The summed E-state index contributed by atoms with van der Waals surface area (Å²) in [5.41, 5.74) is 10.4. The molecule has 4 nitrogen and oxygen atoms in total. The summed E-state index contributed by atoms with van der Waals surface area (Å²) in [6.45, 7) is 5.28. The Morgan fingerprint density at radius 2 is 1.69 bits per heavy atom. The molecule has 1 rings (SSSR count). The van der Waals surface area contributed by atoms with Crippen LogP contribution in [0.15, 0.2) is 24.3 Å². The number of benzene rings is 1. The van der Waals surface area contributed by atoms with Crippen LogP contribution in [0.1, 0.15) is 20.8 Å². The van der Waals surface area contributed by atoms with E-state index >= 15 is 0 Å². The highest BCUT2D eigenvalue weighted by Gasteiger charge is 2.12. The van der Waals surface area contributed by atoms with Gasteiger partial charge in [0.05, 0.1) is 0 Å². The molecule has 4 N–H and O–H groups in total. The van der Waals surface area contributed by atoms with Gasteiger partial charge in [0.15, 0.2) is 0 Å². The van der Waals surface area contributed by atoms with Crippen molar-refractivity contribution in [3.63, 3.8) is 0 Å². The maximum Gasteiger partial charge on any atom is 0.405 e. The first kappa shape index (κ1) is 14.6. The minimum Gasteiger partial charge on any atom is -0.444 e. The van der Waals surface area contributed by atoms with Crippen LogP contribution in [0.3, 0.4) is 0 Å². The van der Waals surface area contributed by atoms with Gasteiger partial charge in [-0.15, -0.1) is 0 Å². The Bertz CT molecular complexity index is 310. The van der Waals surface area contributed by atoms with Gasteiger partial charge in [0.2, 0.25) is 0 Å². The number of nitrogens with two attached hydrogens (primary N) is 2. The van der Waals surface area contributed by atoms with Crippen LogP contribution in [0.4, 0.5) is 10.5 Å². The van der Waals surface area contributed by atoms with Crippen molar-refractivity contribution < 1.29 is 9.53 Å². The summed E-state index contributed by atoms with van der Waals surface area (Å²) in [6.07, 6.45) is -0.725. The second-order valence-corrected chi connectivity index (χ2v) is 4.52. The average Bonchev–Trinajstić information content (AvgIpc) is 2.07. The molecule has 0 radical (unpaired) electrons. The molecule has 0 heterocycles. The first-order chi connectivity index (χ1) is 7.20. The summed E-state index contributed by atoms with van der Waals surface area (Å²) in [4.78, 5) is 10.0. The van der Waals surface area contributed by atoms with Gasteiger partial charge < -0.3 is 16.2 Å². The normalized spacial score (nSPS) is 10.0. The van der Waals surface area contributed by atoms with E-state index in [1.54, 1.807) is 45.0 Å². The Kier molecular flexibility index (Phi) is 5.67. The third-order valence-corrected chi connectivity index (χ3v) is 1.53. The minimum absolute atomic E-state index is 0.453. The molecule has 0 spiro atoms. The van der Waals surface area contributed by atoms with Gasteiger partial charge in [0.25, 0.3) is 0 Å². The first-order valence-electron chi connectivity index (χ1n) is 4.70. The second kappa shape index (κ2) is 6.23. The third kappa shape index (κ3) is 9.15. The fourth-order valence-electron chi connectivity index (χ4n) is 0.765. The van der Waals surface area contributed by atoms with Crippen molar-refractivity contribution in [2.75, 3.05) is 5.73 Å². The van der Waals surface area contributed by atoms with Crippen molar-refractivity contribution in [2.24, 2.45) is 5.73 Å². The zero-order valence-corrected chi connectivity index (χ0v) is 10.4. The lowest BCUT2D eigenvalue weighted by molar-refractivity contribution is 0.0600. The molecule has 5 heteroatoms. The van der Waals surface area contributed by atoms with Crippen LogP contribution >= 0.6 is 11.6 Å². The van der Waals surface area contributed by atoms with Crippen molar-refractivity contribution in [3.8, 4) is 0 Å². The van der Waals surface area contributed by atoms with Crippen LogP contribution in [0, 0.1) is 0 Å². The first-order valence-corrected chi connectivity index (χ1v) is 5.08. The van der Waals surface area contributed by atoms with E-state index < -0.39 is 11.7 Å². The molecule has 16 heavy (non-hydrogen) atoms. The summed E-state index contributed by atoms with van der Waals surface area (Å²) in [5.74, 6) is 0. The van der Waals surface area contributed by atoms with Crippen molar-refractivity contribution >= 4 is 23.4 Å². The predicted octanol–water partition coefficient (Wildman–Crippen LogP) is 2.80. The smallest absolute Gasteiger partial charge is 0.405 e. The minimum atomic E-state index is -0.725. The quantitative estimate of drug-likeness (QED) is 0.689. The summed E-state index contributed by atoms with van der Waals surface area (Å²) < 4.78 is 4.58. The highest BCUT2D eigenvalue weighted by atomic mass is 35.5. The topological polar surface area (TPSA) is 78.3 Å². The van der Waals surface area contributed by atoms with E-state index in [1.165, 1.54) is 0 Å². The lowest BCUT2D eigenvalue weighted by Gasteiger charge is -2.16. The van der Waals surface area contributed by atoms with E-state index in [0.29, 0.717) is 0 Å². The molecule has 0 aliphatic carbocycles. The second-order valence-electron chi connectivity index (χ2n) is 4.09. The van der Waals surface area contributed by atoms with Crippen LogP contribution in [0.5, 0.6) is 0 Å². The molecule has 1 aromatic rings. The monoisotopic (exact) mass is 244 g/mol. The molecule has 0 saturated heterocycles. The number of ether oxygens (including phenoxy) is 1. The van der Waals surface area contributed by atoms with Gasteiger partial charge in [-0.1, -0.05) is 11.6 Å². The van der Waals surface area contributed by atoms with E-state index in [-0.39, 0.29) is 0 Å². The Morgan fingerprint density at radius 1 is 1.25 bits per heavy atom. The number of amides is 1. The summed E-state index contributed by atoms with van der Waals surface area (Å²) >= 11 is 5.56. The van der Waals surface area contributed by atoms with Crippen molar-refractivity contribution in [2.45, 2.75) is 26.4 Å². The number of carbonyl (C=O) groups excluding carboxylic acids is 1. The maximum absolute atomic E-state index is 10.0. The Hall–Kier alpha value is -1.42. The molecule has 1 amide bonds. The molecule has 0 aliphatic rings. The highest BCUT2D eigenvalue weighted by Crippen LogP contribution is 2.09. The summed E-state index contributed by atoms with van der Waals surface area (Å²) in [7, 11) is 0. The van der Waals surface area contributed by atoms with Crippen molar-refractivity contribution in [3.05, 3.63) is 29.3 Å². The van der Waals surface area contributed by atoms with Crippen molar-refractivity contribution in [1.82, 2.24) is 0 Å². The largest absolute Gasteiger partial charge is 0.444 e. The number of halogens is 1. The molecular formula is C11H17ClN2O2. The number of anilines is 1. The number of hydrogen-bond donors (Lipinski definition) is 2. The van der Waals surface area contributed by atoms with E-state index in [0.717, 1.165) is 10.7 Å². The lowest BCUT2D eigenvalue weighted by Crippen LogP contribution is -2.27. The Balaban J connectivity index is 0.000000281. The molecule has 1 aromatic carbocycles. The number of hydrogen-bond acceptors (Lipinski definition) is 3. The molecule has 90 valence electrons. The fourth-order valence-corrected chi connectivity index (χ4v) is 0.891. The van der Waals surface area contributed by atoms with Gasteiger partial charge in [-0.2, -0.15) is 0 Å². The van der Waals surface area contributed by atoms with E-state index in [2.05, 4.69) is 4.74 Å². The van der Waals surface area contributed by atoms with Crippen LogP contribution in [-0.2, 0) is 4.74 Å². The zero-order valence-electron chi connectivity index (χ0n) is 9.66. The fraction of sp³-hybridized carbons (Fsp3) is 0.364. The maximum atomic E-state index is 10.0. The molecule has 0 aromatic heterocycles. The van der Waals surface area contributed by atoms with Gasteiger partial charge in [-0.05, 0) is 45.0 Å². The summed E-state index contributed by atoms with van der Waals surface area (Å²) in [6, 6.07) is 7.05. The van der Waals surface area contributed by atoms with Gasteiger partial charge in [0.1, 0.15) is 5.60 Å². The number of nitrogen functional groups attached to an aromatic ring is 1. The zero-order chi connectivity index (χ0) is 12.8. The van der Waals surface area contributed by atoms with E-state index in [4.69, 9.17) is 23.1 Å². The van der Waals surface area contributed by atoms with E-state index in [9.17, 15) is 4.79 Å². The average molecular weight is 245 g/mol. The molecule has 0 bridgehead atoms. The SMILES string of the molecule is CC(C)(C)OC(N)=O.Nc1ccc(Cl)cc1. The standard InChI is InChI=1S/C6H6ClN.C5H11NO2/c7-5-1-3-6(8)4-2-5;1-5(2,3)8-4(6)7/h1-4H,8H2;1-3H3,(H2,6,7). The Labute approximate surface area is 101 Å². The lowest BCUT2D eigenvalue weighted by atomic mass is 10.2. The van der Waals surface area contributed by atoms with Crippen LogP contribution < -0.4 is 11.5 Å². The molecule has 0 fully saturated rings. The number of primary amides is 1. The van der Waals surface area contributed by atoms with Crippen LogP contribution in [0.25, 0.3) is 0 Å². The van der Waals surface area contributed by atoms with Gasteiger partial charge >= 0.3 is 6.09 Å². The number of rotatable bonds is 0. The van der Waals surface area contributed by atoms with Crippen molar-refractivity contribution in [1.29, 1.82) is 0 Å². The molecule has 0 atom stereocenters. The summed E-state index contributed by atoms with van der Waals surface area (Å²) in [5, 5.41) is 0.721. The number of carbonyl (C=O) groups is 1. The molecule has 0 unspecified atom stereocenters. The highest BCUT2D eigenvalue weighted by molar-refractivity contribution is 6.30. The van der Waals surface area contributed by atoms with Crippen LogP contribution in [-0.4, -0.2) is 11.7 Å². The van der Waals surface area contributed by atoms with Gasteiger partial charge in [0, 0.05) is 10.7 Å². The molecule has 0 aliphatic heterocycles. The molecule has 0 saturated carbocycles. The third-order valence-electron chi connectivity index (χ3n) is 1.28. The predicted molar refractivity (Wildman–Crippen MR) is 66.3 cm³/mol. The van der Waals surface area contributed by atoms with E-state index in [1.807, 2.05) is 0 Å². The molecular weight excluding hydrogens is 228 g/mol. The van der Waals surface area contributed by atoms with Crippen LogP contribution in [0.2, 0.25) is 5.02 Å². The Morgan fingerprint density at radius 3 is 1.88 bits per heavy atom. The van der Waals surface area contributed by atoms with Gasteiger partial charge in [-0.25, -0.2) is 4.79 Å².